The molecule has 0 fully saturated rings. The molecule has 0 aliphatic rings. The fraction of sp³-hybridized carbons (Fsp3) is 0.947. The van der Waals surface area contributed by atoms with Crippen LogP contribution >= 0.6 is 15.6 Å². The van der Waals surface area contributed by atoms with Gasteiger partial charge < -0.3 is 33.8 Å². The predicted octanol–water partition coefficient (Wildman–Crippen LogP) is 21.7. The number of carbonyl (C=O) groups is 4. The summed E-state index contributed by atoms with van der Waals surface area (Å²) in [5.41, 5.74) is 0. The highest BCUT2D eigenvalue weighted by Crippen LogP contribution is 2.45. The highest BCUT2D eigenvalue weighted by atomic mass is 31.2. The molecule has 0 saturated carbocycles. The molecule has 0 saturated heterocycles. The van der Waals surface area contributed by atoms with Gasteiger partial charge >= 0.3 is 39.5 Å². The first-order chi connectivity index (χ1) is 45.1. The Bertz CT molecular complexity index is 1850. The van der Waals surface area contributed by atoms with Crippen molar-refractivity contribution in [3.8, 4) is 0 Å². The molecule has 5 atom stereocenters. The monoisotopic (exact) mass is 1380 g/mol. The van der Waals surface area contributed by atoms with Crippen LogP contribution in [0.1, 0.15) is 376 Å². The molecule has 3 N–H and O–H groups in total. The van der Waals surface area contributed by atoms with Crippen LogP contribution in [-0.2, 0) is 65.4 Å². The second-order valence-electron chi connectivity index (χ2n) is 28.9. The van der Waals surface area contributed by atoms with Crippen LogP contribution in [0.3, 0.4) is 0 Å². The molecule has 17 nitrogen and oxygen atoms in total. The molecule has 0 aromatic carbocycles. The number of phosphoric ester groups is 2. The molecule has 0 rings (SSSR count). The van der Waals surface area contributed by atoms with Crippen LogP contribution in [0.2, 0.25) is 0 Å². The van der Waals surface area contributed by atoms with Gasteiger partial charge in [-0.1, -0.05) is 325 Å². The number of hydrogen-bond donors (Lipinski definition) is 3. The molecule has 0 aromatic rings. The zero-order valence-corrected chi connectivity index (χ0v) is 63.4. The van der Waals surface area contributed by atoms with E-state index in [4.69, 9.17) is 37.0 Å². The number of phosphoric acid groups is 2. The second-order valence-corrected chi connectivity index (χ2v) is 31.9. The van der Waals surface area contributed by atoms with Crippen LogP contribution in [0.4, 0.5) is 0 Å². The van der Waals surface area contributed by atoms with E-state index in [1.54, 1.807) is 0 Å². The van der Waals surface area contributed by atoms with Crippen molar-refractivity contribution in [2.75, 3.05) is 39.6 Å². The molecule has 19 heteroatoms. The molecule has 0 amide bonds. The molecular weight excluding hydrogens is 1230 g/mol. The number of aliphatic hydroxyl groups is 1. The van der Waals surface area contributed by atoms with Crippen molar-refractivity contribution in [2.45, 2.75) is 395 Å². The summed E-state index contributed by atoms with van der Waals surface area (Å²) < 4.78 is 68.4. The third-order valence-corrected chi connectivity index (χ3v) is 19.2. The Morgan fingerprint density at radius 3 is 0.660 bits per heavy atom. The van der Waals surface area contributed by atoms with Gasteiger partial charge in [-0.15, -0.1) is 0 Å². The third kappa shape index (κ3) is 68.6. The zero-order chi connectivity index (χ0) is 69.6. The molecule has 0 bridgehead atoms. The van der Waals surface area contributed by atoms with Gasteiger partial charge in [-0.05, 0) is 49.4 Å². The Morgan fingerprint density at radius 1 is 0.266 bits per heavy atom. The molecule has 3 unspecified atom stereocenters. The van der Waals surface area contributed by atoms with E-state index in [0.29, 0.717) is 31.6 Å². The predicted molar refractivity (Wildman–Crippen MR) is 381 cm³/mol. The third-order valence-electron chi connectivity index (χ3n) is 17.3. The SMILES string of the molecule is CC(C)CCCCCCCCCCCCCCCCCC(=O)O[C@H](COC(=O)CCCCCCCCC(C)C)COP(=O)(O)OCC(O)COP(=O)(O)OC[C@@H](COC(=O)CCCCCCCCCCCCCCC(C)C)OC(=O)CCCCCCCCCCCC(C)C. The van der Waals surface area contributed by atoms with Gasteiger partial charge in [-0.2, -0.15) is 0 Å². The fourth-order valence-corrected chi connectivity index (χ4v) is 13.0. The maximum Gasteiger partial charge on any atom is 0.472 e. The molecule has 0 aliphatic heterocycles. The van der Waals surface area contributed by atoms with E-state index in [9.17, 15) is 43.2 Å². The Kier molecular flexibility index (Phi) is 63.1. The Morgan fingerprint density at radius 2 is 0.447 bits per heavy atom. The minimum atomic E-state index is -4.96. The Balaban J connectivity index is 5.21. The summed E-state index contributed by atoms with van der Waals surface area (Å²) in [7, 11) is -9.91. The lowest BCUT2D eigenvalue weighted by Crippen LogP contribution is -2.30. The van der Waals surface area contributed by atoms with E-state index in [0.717, 1.165) is 114 Å². The standard InChI is InChI=1S/C75H146O17P2/c1-65(2)51-43-35-27-21-16-12-10-9-11-13-19-25-31-41-49-57-74(79)92-71(62-86-73(78)56-48-40-34-33-38-46-54-68(7)8)64-90-94(83,84)88-60-69(76)59-87-93(81,82)89-63-70(91-75(80)58-50-42-32-26-20-23-29-37-45-53-67(5)6)61-85-72(77)55-47-39-30-24-18-15-14-17-22-28-36-44-52-66(3)4/h65-71,76H,9-64H2,1-8H3,(H,81,82)(H,83,84)/t69?,70-,71-/m1/s1. The molecule has 0 aliphatic carbocycles. The van der Waals surface area contributed by atoms with E-state index in [2.05, 4.69) is 55.4 Å². The topological polar surface area (TPSA) is 237 Å². The number of rotatable bonds is 72. The maximum absolute atomic E-state index is 13.1. The average Bonchev–Trinajstić information content (AvgIpc) is 3.71. The second kappa shape index (κ2) is 64.4. The number of hydrogen-bond acceptors (Lipinski definition) is 15. The van der Waals surface area contributed by atoms with Gasteiger partial charge in [0.1, 0.15) is 19.3 Å². The van der Waals surface area contributed by atoms with Gasteiger partial charge in [0.15, 0.2) is 12.2 Å². The van der Waals surface area contributed by atoms with Crippen LogP contribution in [0, 0.1) is 23.7 Å². The summed E-state index contributed by atoms with van der Waals surface area (Å²) in [5, 5.41) is 10.6. The van der Waals surface area contributed by atoms with Crippen LogP contribution < -0.4 is 0 Å². The first-order valence-electron chi connectivity index (χ1n) is 38.7. The van der Waals surface area contributed by atoms with E-state index >= 15 is 0 Å². The summed E-state index contributed by atoms with van der Waals surface area (Å²) in [4.78, 5) is 72.7. The molecule has 0 spiro atoms. The van der Waals surface area contributed by atoms with Crippen LogP contribution in [0.15, 0.2) is 0 Å². The molecule has 558 valence electrons. The van der Waals surface area contributed by atoms with Crippen molar-refractivity contribution in [1.29, 1.82) is 0 Å². The van der Waals surface area contributed by atoms with Crippen LogP contribution in [-0.4, -0.2) is 96.7 Å². The van der Waals surface area contributed by atoms with Crippen molar-refractivity contribution in [1.82, 2.24) is 0 Å². The average molecular weight is 1380 g/mol. The maximum atomic E-state index is 13.1. The number of ether oxygens (including phenoxy) is 4. The van der Waals surface area contributed by atoms with Gasteiger partial charge in [0.2, 0.25) is 0 Å². The molecule has 94 heavy (non-hydrogen) atoms. The van der Waals surface area contributed by atoms with Crippen LogP contribution in [0.25, 0.3) is 0 Å². The minimum Gasteiger partial charge on any atom is -0.462 e. The van der Waals surface area contributed by atoms with E-state index in [-0.39, 0.29) is 25.7 Å². The van der Waals surface area contributed by atoms with Crippen LogP contribution in [0.5, 0.6) is 0 Å². The largest absolute Gasteiger partial charge is 0.472 e. The number of esters is 4. The fourth-order valence-electron chi connectivity index (χ4n) is 11.4. The van der Waals surface area contributed by atoms with E-state index in [1.165, 1.54) is 173 Å². The van der Waals surface area contributed by atoms with Gasteiger partial charge in [0, 0.05) is 25.7 Å². The summed E-state index contributed by atoms with van der Waals surface area (Å²) in [6, 6.07) is 0. The smallest absolute Gasteiger partial charge is 0.462 e. The number of aliphatic hydroxyl groups excluding tert-OH is 1. The molecule has 0 radical (unpaired) electrons. The summed E-state index contributed by atoms with van der Waals surface area (Å²) >= 11 is 0. The van der Waals surface area contributed by atoms with Crippen molar-refractivity contribution in [3.63, 3.8) is 0 Å². The highest BCUT2D eigenvalue weighted by molar-refractivity contribution is 7.47. The van der Waals surface area contributed by atoms with Crippen molar-refractivity contribution >= 4 is 39.5 Å². The van der Waals surface area contributed by atoms with Crippen molar-refractivity contribution in [2.24, 2.45) is 23.7 Å². The first-order valence-corrected chi connectivity index (χ1v) is 41.7. The number of unbranched alkanes of at least 4 members (excludes halogenated alkanes) is 38. The lowest BCUT2D eigenvalue weighted by atomic mass is 10.0. The van der Waals surface area contributed by atoms with Gasteiger partial charge in [-0.3, -0.25) is 37.3 Å². The lowest BCUT2D eigenvalue weighted by Gasteiger charge is -2.21. The first kappa shape index (κ1) is 92.1. The van der Waals surface area contributed by atoms with E-state index in [1.807, 2.05) is 0 Å². The Hall–Kier alpha value is -1.94. The van der Waals surface area contributed by atoms with Crippen molar-refractivity contribution in [3.05, 3.63) is 0 Å². The summed E-state index contributed by atoms with van der Waals surface area (Å²) in [6.45, 7) is 14.1. The molecular formula is C75H146O17P2. The quantitative estimate of drug-likeness (QED) is 0.0222. The van der Waals surface area contributed by atoms with Crippen molar-refractivity contribution < 1.29 is 80.2 Å². The normalized spacial score (nSPS) is 14.2. The van der Waals surface area contributed by atoms with Gasteiger partial charge in [0.05, 0.1) is 26.4 Å². The van der Waals surface area contributed by atoms with Gasteiger partial charge in [0.25, 0.3) is 0 Å². The van der Waals surface area contributed by atoms with Gasteiger partial charge in [-0.25, -0.2) is 9.13 Å². The summed E-state index contributed by atoms with van der Waals surface area (Å²) in [5.74, 6) is 0.876. The number of carbonyl (C=O) groups excluding carboxylic acids is 4. The Labute approximate surface area is 575 Å². The minimum absolute atomic E-state index is 0.105. The van der Waals surface area contributed by atoms with E-state index < -0.39 is 97.5 Å². The summed E-state index contributed by atoms with van der Waals surface area (Å²) in [6.07, 6.45) is 48.7. The zero-order valence-electron chi connectivity index (χ0n) is 61.6. The highest BCUT2D eigenvalue weighted by Gasteiger charge is 2.30. The lowest BCUT2D eigenvalue weighted by molar-refractivity contribution is -0.161. The molecule has 0 aromatic heterocycles. The molecule has 0 heterocycles.